The lowest BCUT2D eigenvalue weighted by molar-refractivity contribution is -0.697. The van der Waals surface area contributed by atoms with Crippen molar-refractivity contribution >= 4 is 0 Å². The van der Waals surface area contributed by atoms with E-state index in [4.69, 9.17) is 0 Å². The van der Waals surface area contributed by atoms with Crippen LogP contribution >= 0.6 is 0 Å². The van der Waals surface area contributed by atoms with Gasteiger partial charge in [-0.1, -0.05) is 31.8 Å². The van der Waals surface area contributed by atoms with Crippen LogP contribution in [0.5, 0.6) is 0 Å². The van der Waals surface area contributed by atoms with Gasteiger partial charge in [-0.25, -0.2) is 4.57 Å². The first kappa shape index (κ1) is 18.2. The highest BCUT2D eigenvalue weighted by Gasteiger charge is 2.24. The number of pyridine rings is 1. The zero-order valence-corrected chi connectivity index (χ0v) is 15.1. The van der Waals surface area contributed by atoms with E-state index < -0.39 is 0 Å². The molecule has 2 heterocycles. The van der Waals surface area contributed by atoms with E-state index in [0.717, 1.165) is 0 Å². The average Bonchev–Trinajstić information content (AvgIpc) is 3.00. The maximum atomic E-state index is 3.78. The third-order valence-corrected chi connectivity index (χ3v) is 5.11. The van der Waals surface area contributed by atoms with Gasteiger partial charge in [0.2, 0.25) is 0 Å². The van der Waals surface area contributed by atoms with Crippen molar-refractivity contribution < 1.29 is 4.57 Å². The second kappa shape index (κ2) is 10.6. The third-order valence-electron chi connectivity index (χ3n) is 5.11. The van der Waals surface area contributed by atoms with Crippen LogP contribution in [0.25, 0.3) is 0 Å². The molecule has 1 aromatic heterocycles. The van der Waals surface area contributed by atoms with Gasteiger partial charge in [-0.05, 0) is 51.8 Å². The Morgan fingerprint density at radius 1 is 1.17 bits per heavy atom. The average molecular weight is 316 g/mol. The van der Waals surface area contributed by atoms with Gasteiger partial charge >= 0.3 is 0 Å². The molecule has 0 radical (unpaired) electrons. The Morgan fingerprint density at radius 2 is 1.91 bits per heavy atom. The monoisotopic (exact) mass is 315 g/mol. The highest BCUT2D eigenvalue weighted by Crippen LogP contribution is 2.29. The van der Waals surface area contributed by atoms with Crippen molar-refractivity contribution in [1.29, 1.82) is 0 Å². The van der Waals surface area contributed by atoms with E-state index >= 15 is 0 Å². The van der Waals surface area contributed by atoms with Gasteiger partial charge in [0, 0.05) is 24.1 Å². The first-order valence-corrected chi connectivity index (χ1v) is 9.61. The van der Waals surface area contributed by atoms with Crippen molar-refractivity contribution in [1.82, 2.24) is 4.90 Å². The minimum Gasteiger partial charge on any atom is -0.299 e. The number of hydrogen-bond donors (Lipinski definition) is 0. The molecule has 0 N–H and O–H groups in total. The van der Waals surface area contributed by atoms with Crippen molar-refractivity contribution in [2.45, 2.75) is 76.8 Å². The van der Waals surface area contributed by atoms with E-state index in [2.05, 4.69) is 47.6 Å². The van der Waals surface area contributed by atoms with Crippen molar-refractivity contribution in [2.24, 2.45) is 0 Å². The Balaban J connectivity index is 1.61. The highest BCUT2D eigenvalue weighted by atomic mass is 15.1. The normalized spacial score (nSPS) is 18.4. The summed E-state index contributed by atoms with van der Waals surface area (Å²) in [6.45, 7) is 6.19. The number of unbranched alkanes of at least 4 members (excludes halogenated alkanes) is 7. The van der Waals surface area contributed by atoms with Crippen molar-refractivity contribution in [3.63, 3.8) is 0 Å². The van der Waals surface area contributed by atoms with Crippen LogP contribution in [0.2, 0.25) is 0 Å². The lowest BCUT2D eigenvalue weighted by atomic mass is 10.1. The maximum absolute atomic E-state index is 3.78. The van der Waals surface area contributed by atoms with E-state index in [1.807, 2.05) is 6.08 Å². The molecule has 1 saturated heterocycles. The number of aryl methyl sites for hydroxylation is 1. The quantitative estimate of drug-likeness (QED) is 0.315. The summed E-state index contributed by atoms with van der Waals surface area (Å²) in [6, 6.07) is 5.16. The van der Waals surface area contributed by atoms with Crippen LogP contribution in [0.15, 0.2) is 37.2 Å². The zero-order valence-electron chi connectivity index (χ0n) is 15.1. The summed E-state index contributed by atoms with van der Waals surface area (Å²) in [6.07, 6.45) is 20.0. The van der Waals surface area contributed by atoms with Crippen molar-refractivity contribution in [3.05, 3.63) is 42.7 Å². The fraction of sp³-hybridized carbons (Fsp3) is 0.667. The topological polar surface area (TPSA) is 7.12 Å². The van der Waals surface area contributed by atoms with Gasteiger partial charge in [0.25, 0.3) is 0 Å². The molecule has 0 aliphatic carbocycles. The number of hydrogen-bond acceptors (Lipinski definition) is 1. The standard InChI is InChI=1S/C21H35N2/c1-3-4-5-6-7-8-9-10-11-17-23-18-12-14-20(19-23)21-15-13-16-22(21)2/h3,12,14,18-19,21H,1,4-11,13,15-17H2,2H3/q+1/t21-/m0/s1. The second-order valence-electron chi connectivity index (χ2n) is 7.07. The summed E-state index contributed by atoms with van der Waals surface area (Å²) >= 11 is 0. The van der Waals surface area contributed by atoms with Crippen molar-refractivity contribution in [2.75, 3.05) is 13.6 Å². The molecule has 2 nitrogen and oxygen atoms in total. The van der Waals surface area contributed by atoms with E-state index in [9.17, 15) is 0 Å². The van der Waals surface area contributed by atoms with Gasteiger partial charge in [-0.2, -0.15) is 0 Å². The fourth-order valence-electron chi connectivity index (χ4n) is 3.68. The smallest absolute Gasteiger partial charge is 0.173 e. The molecule has 0 aromatic carbocycles. The van der Waals surface area contributed by atoms with E-state index in [0.29, 0.717) is 6.04 Å². The highest BCUT2D eigenvalue weighted by molar-refractivity contribution is 5.12. The Labute approximate surface area is 143 Å². The molecule has 128 valence electrons. The Hall–Kier alpha value is -1.15. The molecule has 0 unspecified atom stereocenters. The number of allylic oxidation sites excluding steroid dienone is 1. The van der Waals surface area contributed by atoms with Crippen LogP contribution in [0, 0.1) is 0 Å². The van der Waals surface area contributed by atoms with Crippen LogP contribution in [0.3, 0.4) is 0 Å². The maximum Gasteiger partial charge on any atom is 0.173 e. The third kappa shape index (κ3) is 6.47. The molecule has 1 aromatic rings. The summed E-state index contributed by atoms with van der Waals surface area (Å²) < 4.78 is 2.39. The Morgan fingerprint density at radius 3 is 2.61 bits per heavy atom. The minimum atomic E-state index is 0.637. The number of nitrogens with zero attached hydrogens (tertiary/aromatic N) is 2. The van der Waals surface area contributed by atoms with Gasteiger partial charge in [0.05, 0.1) is 0 Å². The van der Waals surface area contributed by atoms with E-state index in [1.165, 1.54) is 82.9 Å². The van der Waals surface area contributed by atoms with Crippen LogP contribution < -0.4 is 4.57 Å². The molecule has 0 bridgehead atoms. The molecule has 23 heavy (non-hydrogen) atoms. The molecular weight excluding hydrogens is 280 g/mol. The van der Waals surface area contributed by atoms with Gasteiger partial charge < -0.3 is 0 Å². The molecule has 2 heteroatoms. The van der Waals surface area contributed by atoms with E-state index in [1.54, 1.807) is 0 Å². The van der Waals surface area contributed by atoms with Crippen LogP contribution in [0.1, 0.15) is 75.8 Å². The molecule has 1 fully saturated rings. The Bertz CT molecular complexity index is 455. The summed E-state index contributed by atoms with van der Waals surface area (Å²) in [5.41, 5.74) is 1.50. The molecule has 0 spiro atoms. The predicted octanol–water partition coefficient (Wildman–Crippen LogP) is 5.05. The number of aromatic nitrogens is 1. The first-order valence-electron chi connectivity index (χ1n) is 9.61. The summed E-state index contributed by atoms with van der Waals surface area (Å²) in [5.74, 6) is 0. The predicted molar refractivity (Wildman–Crippen MR) is 98.4 cm³/mol. The summed E-state index contributed by atoms with van der Waals surface area (Å²) in [5, 5.41) is 0. The van der Waals surface area contributed by atoms with Gasteiger partial charge in [-0.15, -0.1) is 6.58 Å². The zero-order chi connectivity index (χ0) is 16.3. The fourth-order valence-corrected chi connectivity index (χ4v) is 3.68. The Kier molecular flexibility index (Phi) is 8.38. The molecule has 1 atom stereocenters. The number of rotatable bonds is 11. The summed E-state index contributed by atoms with van der Waals surface area (Å²) in [4.78, 5) is 2.49. The number of likely N-dealkylation sites (tertiary alicyclic amines) is 1. The molecule has 1 aliphatic rings. The second-order valence-corrected chi connectivity index (χ2v) is 7.07. The summed E-state index contributed by atoms with van der Waals surface area (Å²) in [7, 11) is 2.25. The SMILES string of the molecule is C=CCCCCCCCCC[n+]1cccc([C@@H]2CCCN2C)c1. The van der Waals surface area contributed by atoms with Crippen LogP contribution in [-0.2, 0) is 6.54 Å². The molecule has 0 saturated carbocycles. The first-order chi connectivity index (χ1) is 11.3. The molecule has 1 aliphatic heterocycles. The van der Waals surface area contributed by atoms with Gasteiger partial charge in [0.1, 0.15) is 6.54 Å². The molecule has 0 amide bonds. The van der Waals surface area contributed by atoms with E-state index in [-0.39, 0.29) is 0 Å². The van der Waals surface area contributed by atoms with Crippen LogP contribution in [-0.4, -0.2) is 18.5 Å². The van der Waals surface area contributed by atoms with Crippen LogP contribution in [0.4, 0.5) is 0 Å². The largest absolute Gasteiger partial charge is 0.299 e. The van der Waals surface area contributed by atoms with Crippen molar-refractivity contribution in [3.8, 4) is 0 Å². The molecular formula is C21H35N2+. The lowest BCUT2D eigenvalue weighted by Crippen LogP contribution is -2.34. The van der Waals surface area contributed by atoms with Gasteiger partial charge in [-0.3, -0.25) is 4.90 Å². The van der Waals surface area contributed by atoms with Gasteiger partial charge in [0.15, 0.2) is 12.4 Å². The molecule has 2 rings (SSSR count). The lowest BCUT2D eigenvalue weighted by Gasteiger charge is -2.18. The minimum absolute atomic E-state index is 0.637.